The highest BCUT2D eigenvalue weighted by molar-refractivity contribution is 5.78. The Hall–Kier alpha value is -2.50. The van der Waals surface area contributed by atoms with Crippen molar-refractivity contribution in [2.24, 2.45) is 0 Å². The first-order valence-corrected chi connectivity index (χ1v) is 4.56. The van der Waals surface area contributed by atoms with Crippen LogP contribution in [0.25, 0.3) is 22.4 Å². The molecule has 0 aliphatic rings. The van der Waals surface area contributed by atoms with E-state index < -0.39 is 5.76 Å². The van der Waals surface area contributed by atoms with Crippen LogP contribution in [0.15, 0.2) is 38.1 Å². The van der Waals surface area contributed by atoms with Gasteiger partial charge in [0.05, 0.1) is 5.52 Å². The van der Waals surface area contributed by atoms with Gasteiger partial charge in [-0.1, -0.05) is 6.07 Å². The van der Waals surface area contributed by atoms with Crippen LogP contribution >= 0.6 is 0 Å². The van der Waals surface area contributed by atoms with Gasteiger partial charge < -0.3 is 14.6 Å². The highest BCUT2D eigenvalue weighted by Gasteiger charge is 2.07. The maximum absolute atomic E-state index is 11.0. The fraction of sp³-hybridized carbons (Fsp3) is 0. The van der Waals surface area contributed by atoms with Gasteiger partial charge in [0, 0.05) is 5.56 Å². The van der Waals surface area contributed by atoms with E-state index >= 15 is 0 Å². The summed E-state index contributed by atoms with van der Waals surface area (Å²) in [5, 5.41) is 0. The van der Waals surface area contributed by atoms with Gasteiger partial charge in [-0.25, -0.2) is 4.79 Å². The topological polar surface area (TPSA) is 98.0 Å². The minimum absolute atomic E-state index is 0.102. The summed E-state index contributed by atoms with van der Waals surface area (Å²) in [6.45, 7) is 0. The predicted octanol–water partition coefficient (Wildman–Crippen LogP) is 1.36. The summed E-state index contributed by atoms with van der Waals surface area (Å²) in [5.74, 6) is -0.480. The molecule has 0 aliphatic heterocycles. The molecular weight excluding hydrogens is 210 g/mol. The molecule has 0 aliphatic carbocycles. The van der Waals surface area contributed by atoms with Crippen molar-refractivity contribution in [2.75, 3.05) is 5.73 Å². The van der Waals surface area contributed by atoms with Crippen LogP contribution in [0, 0.1) is 0 Å². The van der Waals surface area contributed by atoms with Gasteiger partial charge in [-0.2, -0.15) is 4.98 Å². The molecule has 0 unspecified atom stereocenters. The summed E-state index contributed by atoms with van der Waals surface area (Å²) in [5.41, 5.74) is 7.87. The van der Waals surface area contributed by atoms with Crippen LogP contribution in [0.3, 0.4) is 0 Å². The molecule has 0 radical (unpaired) electrons. The second-order valence-corrected chi connectivity index (χ2v) is 3.30. The zero-order valence-electron chi connectivity index (χ0n) is 8.06. The third-order valence-corrected chi connectivity index (χ3v) is 2.24. The average Bonchev–Trinajstić information content (AvgIpc) is 2.81. The molecule has 0 saturated carbocycles. The Kier molecular flexibility index (Phi) is 1.64. The molecule has 80 valence electrons. The predicted molar refractivity (Wildman–Crippen MR) is 56.7 cm³/mol. The molecular formula is C10H7N3O3. The van der Waals surface area contributed by atoms with Crippen molar-refractivity contribution < 1.29 is 8.83 Å². The summed E-state index contributed by atoms with van der Waals surface area (Å²) >= 11 is 0. The van der Waals surface area contributed by atoms with Crippen molar-refractivity contribution in [1.29, 1.82) is 0 Å². The summed E-state index contributed by atoms with van der Waals surface area (Å²) in [7, 11) is 0. The monoisotopic (exact) mass is 217 g/mol. The van der Waals surface area contributed by atoms with E-state index in [1.807, 2.05) is 0 Å². The van der Waals surface area contributed by atoms with Gasteiger partial charge in [-0.05, 0) is 12.1 Å². The normalized spacial score (nSPS) is 11.0. The maximum atomic E-state index is 11.0. The molecule has 0 fully saturated rings. The molecule has 6 heteroatoms. The van der Waals surface area contributed by atoms with Crippen molar-refractivity contribution in [3.05, 3.63) is 35.0 Å². The van der Waals surface area contributed by atoms with E-state index in [4.69, 9.17) is 14.6 Å². The minimum atomic E-state index is -0.480. The number of nitrogen functional groups attached to an aromatic ring is 1. The smallest absolute Gasteiger partial charge is 0.417 e. The van der Waals surface area contributed by atoms with E-state index in [-0.39, 0.29) is 6.01 Å². The van der Waals surface area contributed by atoms with E-state index in [0.29, 0.717) is 16.8 Å². The van der Waals surface area contributed by atoms with Gasteiger partial charge >= 0.3 is 5.76 Å². The minimum Gasteiger partial charge on any atom is -0.432 e. The van der Waals surface area contributed by atoms with Gasteiger partial charge in [-0.3, -0.25) is 4.98 Å². The Labute approximate surface area is 88.7 Å². The first-order valence-electron chi connectivity index (χ1n) is 4.56. The van der Waals surface area contributed by atoms with Crippen LogP contribution in [-0.4, -0.2) is 9.97 Å². The fourth-order valence-corrected chi connectivity index (χ4v) is 1.52. The Bertz CT molecular complexity index is 707. The van der Waals surface area contributed by atoms with E-state index in [1.165, 1.54) is 6.26 Å². The van der Waals surface area contributed by atoms with Crippen LogP contribution in [0.2, 0.25) is 0 Å². The van der Waals surface area contributed by atoms with Gasteiger partial charge in [-0.15, -0.1) is 0 Å². The number of nitrogens with two attached hydrogens (primary N) is 1. The molecule has 0 bridgehead atoms. The molecule has 2 heterocycles. The quantitative estimate of drug-likeness (QED) is 0.641. The summed E-state index contributed by atoms with van der Waals surface area (Å²) < 4.78 is 9.84. The van der Waals surface area contributed by atoms with Crippen LogP contribution in [-0.2, 0) is 0 Å². The lowest BCUT2D eigenvalue weighted by Gasteiger charge is -1.93. The molecule has 0 amide bonds. The van der Waals surface area contributed by atoms with Crippen molar-refractivity contribution in [1.82, 2.24) is 9.97 Å². The second-order valence-electron chi connectivity index (χ2n) is 3.30. The van der Waals surface area contributed by atoms with Crippen molar-refractivity contribution in [2.45, 2.75) is 0 Å². The average molecular weight is 217 g/mol. The lowest BCUT2D eigenvalue weighted by atomic mass is 10.1. The fourth-order valence-electron chi connectivity index (χ4n) is 1.52. The maximum Gasteiger partial charge on any atom is 0.417 e. The Morgan fingerprint density at radius 3 is 3.00 bits per heavy atom. The molecule has 3 N–H and O–H groups in total. The number of anilines is 1. The van der Waals surface area contributed by atoms with Crippen molar-refractivity contribution in [3.63, 3.8) is 0 Å². The van der Waals surface area contributed by atoms with Crippen LogP contribution < -0.4 is 11.5 Å². The number of hydrogen-bond acceptors (Lipinski definition) is 5. The lowest BCUT2D eigenvalue weighted by molar-refractivity contribution is 0.555. The van der Waals surface area contributed by atoms with E-state index in [9.17, 15) is 4.79 Å². The Morgan fingerprint density at radius 2 is 2.25 bits per heavy atom. The number of aromatic nitrogens is 2. The first kappa shape index (κ1) is 8.78. The largest absolute Gasteiger partial charge is 0.432 e. The van der Waals surface area contributed by atoms with Crippen LogP contribution in [0.4, 0.5) is 6.01 Å². The number of nitrogens with zero attached hydrogens (tertiary/aromatic N) is 1. The molecule has 0 saturated heterocycles. The highest BCUT2D eigenvalue weighted by Crippen LogP contribution is 2.22. The Morgan fingerprint density at radius 1 is 1.38 bits per heavy atom. The van der Waals surface area contributed by atoms with Gasteiger partial charge in [0.25, 0.3) is 6.01 Å². The van der Waals surface area contributed by atoms with Gasteiger partial charge in [0.2, 0.25) is 0 Å². The molecule has 3 aromatic rings. The number of nitrogens with one attached hydrogen (secondary N) is 1. The van der Waals surface area contributed by atoms with Gasteiger partial charge in [0.15, 0.2) is 5.58 Å². The number of benzene rings is 1. The molecule has 0 spiro atoms. The molecule has 1 aromatic carbocycles. The standard InChI is InChI=1S/C10H7N3O3/c11-9-12-7(4-15-9)5-1-2-6-8(3-5)16-10(14)13-6/h1-4H,(H2,11,12)(H,13,14). The summed E-state index contributed by atoms with van der Waals surface area (Å²) in [4.78, 5) is 17.5. The third kappa shape index (κ3) is 1.28. The number of aromatic amines is 1. The molecule has 2 aromatic heterocycles. The second kappa shape index (κ2) is 2.99. The number of fused-ring (bicyclic) bond motifs is 1. The SMILES string of the molecule is Nc1nc(-c2ccc3[nH]c(=O)oc3c2)co1. The van der Waals surface area contributed by atoms with Crippen LogP contribution in [0.1, 0.15) is 0 Å². The van der Waals surface area contributed by atoms with Crippen molar-refractivity contribution >= 4 is 17.1 Å². The number of rotatable bonds is 1. The van der Waals surface area contributed by atoms with E-state index in [0.717, 1.165) is 5.56 Å². The highest BCUT2D eigenvalue weighted by atomic mass is 16.4. The number of oxazole rings is 2. The summed E-state index contributed by atoms with van der Waals surface area (Å²) in [6.07, 6.45) is 1.45. The lowest BCUT2D eigenvalue weighted by Crippen LogP contribution is -1.92. The number of hydrogen-bond donors (Lipinski definition) is 2. The zero-order valence-corrected chi connectivity index (χ0v) is 8.06. The summed E-state index contributed by atoms with van der Waals surface area (Å²) in [6, 6.07) is 5.33. The van der Waals surface area contributed by atoms with E-state index in [2.05, 4.69) is 9.97 Å². The Balaban J connectivity index is 2.21. The van der Waals surface area contributed by atoms with Crippen molar-refractivity contribution in [3.8, 4) is 11.3 Å². The number of H-pyrrole nitrogens is 1. The van der Waals surface area contributed by atoms with Gasteiger partial charge in [0.1, 0.15) is 12.0 Å². The molecule has 3 rings (SSSR count). The van der Waals surface area contributed by atoms with E-state index in [1.54, 1.807) is 18.2 Å². The van der Waals surface area contributed by atoms with Crippen LogP contribution in [0.5, 0.6) is 0 Å². The first-order chi connectivity index (χ1) is 7.72. The molecule has 0 atom stereocenters. The zero-order chi connectivity index (χ0) is 11.1. The third-order valence-electron chi connectivity index (χ3n) is 2.24. The molecule has 6 nitrogen and oxygen atoms in total. The molecule has 16 heavy (non-hydrogen) atoms.